The fourth-order valence-corrected chi connectivity index (χ4v) is 2.07. The van der Waals surface area contributed by atoms with Crippen molar-refractivity contribution < 1.29 is 13.2 Å². The quantitative estimate of drug-likeness (QED) is 0.581. The Morgan fingerprint density at radius 1 is 1.33 bits per heavy atom. The van der Waals surface area contributed by atoms with E-state index in [9.17, 15) is 13.2 Å². The molecular weight excluding hydrogens is 267 g/mol. The smallest absolute Gasteiger partial charge is 0.315 e. The van der Waals surface area contributed by atoms with Crippen LogP contribution in [-0.4, -0.2) is 45.2 Å². The number of hydrogen-bond acceptors (Lipinski definition) is 5. The van der Waals surface area contributed by atoms with E-state index in [-0.39, 0.29) is 5.75 Å². The van der Waals surface area contributed by atoms with E-state index < -0.39 is 12.6 Å². The second-order valence-corrected chi connectivity index (χ2v) is 4.71. The van der Waals surface area contributed by atoms with Gasteiger partial charge in [-0.15, -0.1) is 5.10 Å². The van der Waals surface area contributed by atoms with E-state index in [1.807, 2.05) is 0 Å². The van der Waals surface area contributed by atoms with Gasteiger partial charge in [-0.3, -0.25) is 0 Å². The van der Waals surface area contributed by atoms with E-state index in [1.54, 1.807) is 0 Å². The van der Waals surface area contributed by atoms with E-state index in [4.69, 9.17) is 0 Å². The molecule has 0 saturated heterocycles. The third kappa shape index (κ3) is 6.20. The standard InChI is InChI=1S/C9H16F3N5S/c1-2-4-13-5-6-17-8(14-15-16-17)18-7-3-9(10,11)12/h13H,2-7H2,1H3. The highest BCUT2D eigenvalue weighted by molar-refractivity contribution is 7.99. The van der Waals surface area contributed by atoms with Crippen molar-refractivity contribution in [2.24, 2.45) is 0 Å². The summed E-state index contributed by atoms with van der Waals surface area (Å²) in [6, 6.07) is 0. The minimum absolute atomic E-state index is 0.0632. The van der Waals surface area contributed by atoms with Crippen LogP contribution in [0.2, 0.25) is 0 Å². The molecule has 1 aromatic heterocycles. The molecule has 0 bridgehead atoms. The molecule has 0 aliphatic rings. The molecule has 0 atom stereocenters. The monoisotopic (exact) mass is 283 g/mol. The van der Waals surface area contributed by atoms with Crippen LogP contribution in [0, 0.1) is 0 Å². The largest absolute Gasteiger partial charge is 0.389 e. The number of nitrogens with one attached hydrogen (secondary N) is 1. The van der Waals surface area contributed by atoms with Crippen LogP contribution < -0.4 is 5.32 Å². The molecule has 0 aromatic carbocycles. The molecule has 9 heteroatoms. The van der Waals surface area contributed by atoms with Crippen LogP contribution in [0.4, 0.5) is 13.2 Å². The lowest BCUT2D eigenvalue weighted by Gasteiger charge is -2.06. The van der Waals surface area contributed by atoms with Gasteiger partial charge in [0.1, 0.15) is 0 Å². The topological polar surface area (TPSA) is 55.6 Å². The Morgan fingerprint density at radius 2 is 2.11 bits per heavy atom. The molecule has 0 spiro atoms. The van der Waals surface area contributed by atoms with Gasteiger partial charge in [-0.1, -0.05) is 18.7 Å². The SMILES string of the molecule is CCCNCCn1nnnc1SCCC(F)(F)F. The molecule has 0 unspecified atom stereocenters. The second kappa shape index (κ2) is 7.57. The first-order valence-electron chi connectivity index (χ1n) is 5.69. The fraction of sp³-hybridized carbons (Fsp3) is 0.889. The first kappa shape index (κ1) is 15.2. The van der Waals surface area contributed by atoms with Crippen LogP contribution in [0.5, 0.6) is 0 Å². The van der Waals surface area contributed by atoms with Crippen LogP contribution in [-0.2, 0) is 6.54 Å². The summed E-state index contributed by atoms with van der Waals surface area (Å²) < 4.78 is 37.5. The number of thioether (sulfide) groups is 1. The summed E-state index contributed by atoms with van der Waals surface area (Å²) in [5.41, 5.74) is 0. The minimum atomic E-state index is -4.13. The van der Waals surface area contributed by atoms with Gasteiger partial charge < -0.3 is 5.32 Å². The Balaban J connectivity index is 2.31. The van der Waals surface area contributed by atoms with Crippen LogP contribution in [0.1, 0.15) is 19.8 Å². The van der Waals surface area contributed by atoms with Crippen LogP contribution in [0.15, 0.2) is 5.16 Å². The Kier molecular flexibility index (Phi) is 6.41. The number of tetrazole rings is 1. The summed E-state index contributed by atoms with van der Waals surface area (Å²) in [6.07, 6.45) is -3.94. The third-order valence-corrected chi connectivity index (χ3v) is 3.00. The van der Waals surface area contributed by atoms with Crippen molar-refractivity contribution in [2.45, 2.75) is 37.6 Å². The summed E-state index contributed by atoms with van der Waals surface area (Å²) in [4.78, 5) is 0. The van der Waals surface area contributed by atoms with Gasteiger partial charge in [0.25, 0.3) is 0 Å². The van der Waals surface area contributed by atoms with Crippen molar-refractivity contribution in [3.8, 4) is 0 Å². The van der Waals surface area contributed by atoms with Gasteiger partial charge in [0, 0.05) is 12.3 Å². The highest BCUT2D eigenvalue weighted by atomic mass is 32.2. The van der Waals surface area contributed by atoms with E-state index in [0.29, 0.717) is 18.2 Å². The molecule has 1 aromatic rings. The van der Waals surface area contributed by atoms with Gasteiger partial charge >= 0.3 is 6.18 Å². The number of alkyl halides is 3. The van der Waals surface area contributed by atoms with Crippen molar-refractivity contribution in [2.75, 3.05) is 18.8 Å². The van der Waals surface area contributed by atoms with E-state index >= 15 is 0 Å². The van der Waals surface area contributed by atoms with Crippen molar-refractivity contribution in [1.82, 2.24) is 25.5 Å². The zero-order valence-corrected chi connectivity index (χ0v) is 10.9. The Morgan fingerprint density at radius 3 is 2.78 bits per heavy atom. The van der Waals surface area contributed by atoms with Crippen molar-refractivity contribution in [1.29, 1.82) is 0 Å². The van der Waals surface area contributed by atoms with Gasteiger partial charge in [-0.25, -0.2) is 4.68 Å². The Labute approximate surface area is 108 Å². The lowest BCUT2D eigenvalue weighted by molar-refractivity contribution is -0.129. The van der Waals surface area contributed by atoms with Gasteiger partial charge in [0.2, 0.25) is 5.16 Å². The Bertz CT molecular complexity index is 341. The fourth-order valence-electron chi connectivity index (χ4n) is 1.18. The summed E-state index contributed by atoms with van der Waals surface area (Å²) in [5.74, 6) is -0.0632. The molecule has 5 nitrogen and oxygen atoms in total. The molecule has 0 radical (unpaired) electrons. The summed E-state index contributed by atoms with van der Waals surface area (Å²) in [6.45, 7) is 4.22. The lowest BCUT2D eigenvalue weighted by Crippen LogP contribution is -2.21. The molecular formula is C9H16F3N5S. The third-order valence-electron chi connectivity index (χ3n) is 2.04. The molecule has 104 valence electrons. The number of nitrogens with zero attached hydrogens (tertiary/aromatic N) is 4. The zero-order chi connectivity index (χ0) is 13.4. The number of aromatic nitrogens is 4. The normalized spacial score (nSPS) is 12.0. The predicted octanol–water partition coefficient (Wildman–Crippen LogP) is 1.72. The van der Waals surface area contributed by atoms with Crippen LogP contribution >= 0.6 is 11.8 Å². The molecule has 0 aliphatic carbocycles. The lowest BCUT2D eigenvalue weighted by atomic mass is 10.5. The maximum absolute atomic E-state index is 12.0. The molecule has 1 heterocycles. The first-order chi connectivity index (χ1) is 8.53. The summed E-state index contributed by atoms with van der Waals surface area (Å²) in [7, 11) is 0. The zero-order valence-electron chi connectivity index (χ0n) is 10.1. The molecule has 0 saturated carbocycles. The molecule has 0 amide bonds. The number of halogens is 3. The number of rotatable bonds is 8. The second-order valence-electron chi connectivity index (χ2n) is 3.65. The van der Waals surface area contributed by atoms with Crippen LogP contribution in [0.25, 0.3) is 0 Å². The molecule has 0 aliphatic heterocycles. The average Bonchev–Trinajstić information content (AvgIpc) is 2.71. The van der Waals surface area contributed by atoms with Crippen molar-refractivity contribution >= 4 is 11.8 Å². The molecule has 1 rings (SSSR count). The molecule has 18 heavy (non-hydrogen) atoms. The van der Waals surface area contributed by atoms with E-state index in [2.05, 4.69) is 27.8 Å². The van der Waals surface area contributed by atoms with Crippen molar-refractivity contribution in [3.63, 3.8) is 0 Å². The summed E-state index contributed by atoms with van der Waals surface area (Å²) >= 11 is 1.02. The Hall–Kier alpha value is -0.830. The summed E-state index contributed by atoms with van der Waals surface area (Å²) in [5, 5.41) is 14.5. The molecule has 1 N–H and O–H groups in total. The van der Waals surface area contributed by atoms with E-state index in [0.717, 1.165) is 24.7 Å². The minimum Gasteiger partial charge on any atom is -0.315 e. The molecule has 0 fully saturated rings. The van der Waals surface area contributed by atoms with Gasteiger partial charge in [0.05, 0.1) is 13.0 Å². The van der Waals surface area contributed by atoms with Gasteiger partial charge in [0.15, 0.2) is 0 Å². The van der Waals surface area contributed by atoms with Crippen molar-refractivity contribution in [3.05, 3.63) is 0 Å². The maximum atomic E-state index is 12.0. The average molecular weight is 283 g/mol. The van der Waals surface area contributed by atoms with Crippen LogP contribution in [0.3, 0.4) is 0 Å². The first-order valence-corrected chi connectivity index (χ1v) is 6.68. The highest BCUT2D eigenvalue weighted by Crippen LogP contribution is 2.24. The van der Waals surface area contributed by atoms with Gasteiger partial charge in [-0.2, -0.15) is 13.2 Å². The van der Waals surface area contributed by atoms with Gasteiger partial charge in [-0.05, 0) is 23.4 Å². The number of hydrogen-bond donors (Lipinski definition) is 1. The maximum Gasteiger partial charge on any atom is 0.389 e. The highest BCUT2D eigenvalue weighted by Gasteiger charge is 2.26. The van der Waals surface area contributed by atoms with E-state index in [1.165, 1.54) is 4.68 Å². The predicted molar refractivity (Wildman–Crippen MR) is 62.4 cm³/mol.